The maximum atomic E-state index is 14.6. The molecular weight excluding hydrogens is 1330 g/mol. The molecule has 0 unspecified atom stereocenters. The normalized spacial score (nSPS) is 21.7. The van der Waals surface area contributed by atoms with Crippen LogP contribution in [-0.4, -0.2) is 236 Å². The number of epoxide rings is 1. The summed E-state index contributed by atoms with van der Waals surface area (Å²) >= 11 is 3.08. The molecule has 11 atom stereocenters. The number of halogens is 1. The Morgan fingerprint density at radius 2 is 1.35 bits per heavy atom. The molecule has 3 aliphatic heterocycles. The molecule has 1 aromatic rings. The summed E-state index contributed by atoms with van der Waals surface area (Å²) in [4.78, 5) is 114. The molecule has 0 aromatic heterocycles. The topological polar surface area (TPSA) is 406 Å². The van der Waals surface area contributed by atoms with Crippen LogP contribution in [0, 0.1) is 11.8 Å². The number of alkyl carbamates (subject to hydrolysis) is 1. The number of aliphatic hydroxyl groups excluding tert-OH is 1. The van der Waals surface area contributed by atoms with Crippen LogP contribution in [0.15, 0.2) is 60.2 Å². The van der Waals surface area contributed by atoms with Gasteiger partial charge < -0.3 is 101 Å². The van der Waals surface area contributed by atoms with Crippen molar-refractivity contribution in [3.63, 3.8) is 0 Å². The van der Waals surface area contributed by atoms with Gasteiger partial charge in [0.25, 0.3) is 5.91 Å². The Morgan fingerprint density at radius 1 is 0.753 bits per heavy atom. The van der Waals surface area contributed by atoms with E-state index in [4.69, 9.17) is 63.6 Å². The lowest BCUT2D eigenvalue weighted by atomic mass is 9.87. The number of benzene rings is 1. The predicted molar refractivity (Wildman–Crippen MR) is 359 cm³/mol. The minimum Gasteiger partial charge on any atom is -0.459 e. The maximum Gasteiger partial charge on any atom is 0.407 e. The Labute approximate surface area is 576 Å². The number of anilines is 1. The van der Waals surface area contributed by atoms with Gasteiger partial charge in [-0.25, -0.2) is 9.59 Å². The van der Waals surface area contributed by atoms with Crippen molar-refractivity contribution in [3.05, 3.63) is 65.8 Å². The number of nitrogens with one attached hydrogen (secondary N) is 6. The number of esters is 1. The number of primary amides is 2. The highest BCUT2D eigenvalue weighted by Crippen LogP contribution is 2.43. The summed E-state index contributed by atoms with van der Waals surface area (Å²) in [5.74, 6) is -3.42. The van der Waals surface area contributed by atoms with Gasteiger partial charge in [-0.15, -0.1) is 0 Å². The van der Waals surface area contributed by atoms with E-state index in [2.05, 4.69) is 54.8 Å². The van der Waals surface area contributed by atoms with E-state index in [-0.39, 0.29) is 125 Å². The van der Waals surface area contributed by atoms with Crippen molar-refractivity contribution in [2.24, 2.45) is 23.3 Å². The summed E-state index contributed by atoms with van der Waals surface area (Å²) < 4.78 is 61.7. The summed E-state index contributed by atoms with van der Waals surface area (Å²) in [5, 5.41) is 27.8. The summed E-state index contributed by atoms with van der Waals surface area (Å²) in [5.41, 5.74) is 12.0. The van der Waals surface area contributed by atoms with E-state index in [9.17, 15) is 48.3 Å². The Hall–Kier alpha value is -6.65. The summed E-state index contributed by atoms with van der Waals surface area (Å²) in [6, 6.07) is 3.01. The first-order valence-electron chi connectivity index (χ1n) is 33.1. The first kappa shape index (κ1) is 82.8. The second kappa shape index (κ2) is 45.8. The third kappa shape index (κ3) is 33.2. The smallest absolute Gasteiger partial charge is 0.407 e. The Morgan fingerprint density at radius 3 is 1.93 bits per heavy atom. The lowest BCUT2D eigenvalue weighted by Crippen LogP contribution is -2.57. The van der Waals surface area contributed by atoms with Crippen molar-refractivity contribution in [3.8, 4) is 0 Å². The molecule has 0 saturated carbocycles. The highest BCUT2D eigenvalue weighted by molar-refractivity contribution is 9.09. The van der Waals surface area contributed by atoms with Crippen molar-refractivity contribution in [1.29, 1.82) is 0 Å². The number of alkyl halides is 1. The molecule has 0 bridgehead atoms. The van der Waals surface area contributed by atoms with Gasteiger partial charge in [-0.05, 0) is 82.1 Å². The standard InChI is InChI=1S/C66H104BrN9O21/c1-43(2)60(75-57(79)20-25-87-27-29-89-31-33-91-35-36-92-34-32-90-30-28-88-26-24-71-59(81)40-67)63(84)76(53(62(68)83)9-8-21-72-64(69)85)50-15-13-49(14-16-50)41-93-65(86)73-23-22-70-58(80)38-51-39-66(42-94-66)61(82)55(97-51)18-11-44(3)10-17-54-45(4)37-52(47(6)96-54)74-56(78)19-12-46(5)95-48(7)77/h10-16,18-19,43,45-47,51-55,60-61,82H,8-9,17,20-42H2,1-7H3,(H2,68,83)(H,70,80)(H,71,81)(H,73,86)(H,74,78)(H,75,79)(H3,69,72,85)/b18-11+,19-12-,44-10+/t45-,46-,47+,51+,52+,53-,54-,55+,60-,61+,66+/m0/s1. The van der Waals surface area contributed by atoms with Crippen LogP contribution in [0.25, 0.3) is 0 Å². The van der Waals surface area contributed by atoms with Gasteiger partial charge in [0.1, 0.15) is 42.6 Å². The zero-order chi connectivity index (χ0) is 71.1. The molecule has 3 fully saturated rings. The molecular formula is C66H104BrN9O21. The van der Waals surface area contributed by atoms with Gasteiger partial charge in [0.2, 0.25) is 29.5 Å². The van der Waals surface area contributed by atoms with E-state index in [0.717, 1.165) is 5.57 Å². The number of nitrogens with zero attached hydrogens (tertiary/aromatic N) is 1. The second-order valence-electron chi connectivity index (χ2n) is 24.1. The Kier molecular flexibility index (Phi) is 39.1. The van der Waals surface area contributed by atoms with Crippen molar-refractivity contribution in [2.75, 3.05) is 122 Å². The molecule has 546 valence electrons. The number of carbonyl (C=O) groups is 9. The van der Waals surface area contributed by atoms with Crippen LogP contribution < -0.4 is 48.3 Å². The molecule has 1 spiro atoms. The number of urea groups is 1. The molecule has 3 aliphatic rings. The van der Waals surface area contributed by atoms with Gasteiger partial charge in [0, 0.05) is 57.7 Å². The van der Waals surface area contributed by atoms with Crippen LogP contribution in [-0.2, 0) is 92.3 Å². The van der Waals surface area contributed by atoms with Crippen LogP contribution in [0.4, 0.5) is 15.3 Å². The average molecular weight is 1440 g/mol. The van der Waals surface area contributed by atoms with Gasteiger partial charge in [-0.3, -0.25) is 38.5 Å². The van der Waals surface area contributed by atoms with Crippen molar-refractivity contribution >= 4 is 75.2 Å². The molecule has 31 heteroatoms. The monoisotopic (exact) mass is 1440 g/mol. The number of ether oxygens (including phenoxy) is 11. The quantitative estimate of drug-likeness (QED) is 0.0113. The summed E-state index contributed by atoms with van der Waals surface area (Å²) in [6.07, 6.45) is 6.44. The second-order valence-corrected chi connectivity index (χ2v) is 24.7. The minimum atomic E-state index is -1.22. The van der Waals surface area contributed by atoms with Gasteiger partial charge in [0.05, 0.1) is 122 Å². The van der Waals surface area contributed by atoms with Crippen LogP contribution in [0.3, 0.4) is 0 Å². The first-order chi connectivity index (χ1) is 46.4. The van der Waals surface area contributed by atoms with Crippen LogP contribution >= 0.6 is 15.9 Å². The molecule has 0 aliphatic carbocycles. The van der Waals surface area contributed by atoms with E-state index < -0.39 is 83.8 Å². The van der Waals surface area contributed by atoms with Crippen molar-refractivity contribution in [1.82, 2.24) is 31.9 Å². The van der Waals surface area contributed by atoms with Crippen molar-refractivity contribution < 1.29 is 100 Å². The predicted octanol–water partition coefficient (Wildman–Crippen LogP) is 2.18. The third-order valence-corrected chi connectivity index (χ3v) is 16.3. The zero-order valence-electron chi connectivity index (χ0n) is 57.0. The fourth-order valence-corrected chi connectivity index (χ4v) is 10.6. The molecule has 4 rings (SSSR count). The Bertz CT molecular complexity index is 2700. The average Bonchev–Trinajstić information content (AvgIpc) is 1.67. The number of rotatable bonds is 47. The van der Waals surface area contributed by atoms with E-state index in [1.165, 1.54) is 24.0 Å². The number of carbonyl (C=O) groups excluding carboxylic acids is 9. The fourth-order valence-electron chi connectivity index (χ4n) is 10.4. The van der Waals surface area contributed by atoms with Gasteiger partial charge >= 0.3 is 18.1 Å². The zero-order valence-corrected chi connectivity index (χ0v) is 58.6. The van der Waals surface area contributed by atoms with Gasteiger partial charge in [-0.2, -0.15) is 0 Å². The number of amides is 9. The molecule has 9 amide bonds. The summed E-state index contributed by atoms with van der Waals surface area (Å²) in [6.45, 7) is 17.1. The number of hydrogen-bond acceptors (Lipinski definition) is 21. The van der Waals surface area contributed by atoms with E-state index >= 15 is 0 Å². The number of nitrogens with two attached hydrogens (primary N) is 2. The molecule has 3 saturated heterocycles. The largest absolute Gasteiger partial charge is 0.459 e. The van der Waals surface area contributed by atoms with Gasteiger partial charge in [0.15, 0.2) is 0 Å². The van der Waals surface area contributed by atoms with Gasteiger partial charge in [-0.1, -0.05) is 72.6 Å². The van der Waals surface area contributed by atoms with Crippen molar-refractivity contribution in [2.45, 2.75) is 160 Å². The Balaban J connectivity index is 1.17. The molecule has 30 nitrogen and oxygen atoms in total. The van der Waals surface area contributed by atoms with E-state index in [0.29, 0.717) is 97.4 Å². The molecule has 0 radical (unpaired) electrons. The number of aliphatic hydroxyl groups is 1. The number of allylic oxidation sites excluding steroid dienone is 2. The van der Waals surface area contributed by atoms with E-state index in [1.54, 1.807) is 51.1 Å². The lowest BCUT2D eigenvalue weighted by molar-refractivity contribution is -0.145. The van der Waals surface area contributed by atoms with Crippen LogP contribution in [0.1, 0.15) is 99.0 Å². The van der Waals surface area contributed by atoms with Crippen LogP contribution in [0.5, 0.6) is 0 Å². The molecule has 97 heavy (non-hydrogen) atoms. The SMILES string of the molecule is CC(=O)O[C@@H](C)/C=C\C(=O)N[C@@H]1C[C@H](C)[C@H](C/C=C(C)/C=C/[C@H]2O[C@H](CC(=O)NCCNC(=O)OCc3ccc(N(C(=O)[C@@H](NC(=O)CCOCCOCCOCCOCCOCCOCCNC(=O)CBr)C(C)C)[C@@H](CCCNC(N)=O)C(N)=O)cc3)C[C@@]3(CO3)[C@@H]2O)O[C@@H]1C. The summed E-state index contributed by atoms with van der Waals surface area (Å²) in [7, 11) is 0. The first-order valence-corrected chi connectivity index (χ1v) is 34.2. The third-order valence-electron chi connectivity index (χ3n) is 15.7. The van der Waals surface area contributed by atoms with E-state index in [1.807, 2.05) is 26.0 Å². The molecule has 11 N–H and O–H groups in total. The highest BCUT2D eigenvalue weighted by atomic mass is 79.9. The minimum absolute atomic E-state index is 0.0210. The van der Waals surface area contributed by atoms with Crippen LogP contribution in [0.2, 0.25) is 0 Å². The highest BCUT2D eigenvalue weighted by Gasteiger charge is 2.58. The lowest BCUT2D eigenvalue weighted by Gasteiger charge is -2.39. The maximum absolute atomic E-state index is 14.6. The fraction of sp³-hybridized carbons (Fsp3) is 0.682. The molecule has 3 heterocycles. The molecule has 1 aromatic carbocycles. The number of hydrogen-bond donors (Lipinski definition) is 9.